The second-order valence-corrected chi connectivity index (χ2v) is 10.3. The van der Waals surface area contributed by atoms with Crippen LogP contribution in [0.2, 0.25) is 0 Å². The van der Waals surface area contributed by atoms with Crippen molar-refractivity contribution >= 4 is 56.3 Å². The Balaban J connectivity index is 1.94. The van der Waals surface area contributed by atoms with Crippen LogP contribution in [0.3, 0.4) is 0 Å². The van der Waals surface area contributed by atoms with Crippen LogP contribution in [0.25, 0.3) is 0 Å². The lowest BCUT2D eigenvalue weighted by atomic mass is 10.3. The monoisotopic (exact) mass is 403 g/mol. The Bertz CT molecular complexity index is 805. The summed E-state index contributed by atoms with van der Waals surface area (Å²) in [7, 11) is -3.40. The first-order valence-electron chi connectivity index (χ1n) is 7.08. The second-order valence-electron chi connectivity index (χ2n) is 4.79. The summed E-state index contributed by atoms with van der Waals surface area (Å²) in [5.41, 5.74) is 0.294. The van der Waals surface area contributed by atoms with Crippen molar-refractivity contribution in [3.8, 4) is 0 Å². The standard InChI is InChI=1S/C14H17N3O3S4/c1-3-8-21-13-16-17-14(23-13)22-9-12(18)15-10-6-4-5-7-11(10)24(2,19)20/h4-7H,3,8-9H2,1-2H3,(H,15,18). The smallest absolute Gasteiger partial charge is 0.234 e. The lowest BCUT2D eigenvalue weighted by Gasteiger charge is -2.08. The SMILES string of the molecule is CCCSc1nnc(SCC(=O)Nc2ccccc2S(C)(=O)=O)s1. The number of para-hydroxylation sites is 1. The van der Waals surface area contributed by atoms with Crippen molar-refractivity contribution in [1.29, 1.82) is 0 Å². The van der Waals surface area contributed by atoms with Gasteiger partial charge in [-0.15, -0.1) is 10.2 Å². The number of hydrogen-bond acceptors (Lipinski definition) is 8. The van der Waals surface area contributed by atoms with E-state index in [0.717, 1.165) is 27.1 Å². The van der Waals surface area contributed by atoms with Gasteiger partial charge in [0.25, 0.3) is 0 Å². The molecule has 0 aliphatic rings. The van der Waals surface area contributed by atoms with E-state index in [-0.39, 0.29) is 16.6 Å². The lowest BCUT2D eigenvalue weighted by molar-refractivity contribution is -0.113. The van der Waals surface area contributed by atoms with Crippen molar-refractivity contribution in [2.75, 3.05) is 23.1 Å². The average molecular weight is 404 g/mol. The van der Waals surface area contributed by atoms with Crippen LogP contribution in [-0.2, 0) is 14.6 Å². The van der Waals surface area contributed by atoms with E-state index in [1.165, 1.54) is 29.2 Å². The van der Waals surface area contributed by atoms with E-state index >= 15 is 0 Å². The number of thioether (sulfide) groups is 2. The Kier molecular flexibility index (Phi) is 7.08. The molecule has 1 amide bonds. The number of amides is 1. The molecule has 0 atom stereocenters. The quantitative estimate of drug-likeness (QED) is 0.677. The molecule has 0 fully saturated rings. The molecule has 0 saturated heterocycles. The zero-order valence-corrected chi connectivity index (χ0v) is 16.4. The number of nitrogens with one attached hydrogen (secondary N) is 1. The summed E-state index contributed by atoms with van der Waals surface area (Å²) in [6.45, 7) is 2.10. The fourth-order valence-corrected chi connectivity index (χ4v) is 5.30. The van der Waals surface area contributed by atoms with Crippen LogP contribution in [-0.4, -0.2) is 42.3 Å². The maximum atomic E-state index is 12.1. The zero-order chi connectivity index (χ0) is 17.6. The van der Waals surface area contributed by atoms with E-state index in [2.05, 4.69) is 22.4 Å². The van der Waals surface area contributed by atoms with E-state index in [1.807, 2.05) is 0 Å². The summed E-state index contributed by atoms with van der Waals surface area (Å²) in [6, 6.07) is 6.35. The van der Waals surface area contributed by atoms with Crippen LogP contribution in [0, 0.1) is 0 Å². The van der Waals surface area contributed by atoms with Crippen molar-refractivity contribution in [2.45, 2.75) is 26.9 Å². The summed E-state index contributed by atoms with van der Waals surface area (Å²) in [5, 5.41) is 10.7. The van der Waals surface area contributed by atoms with Gasteiger partial charge < -0.3 is 5.32 Å². The van der Waals surface area contributed by atoms with Gasteiger partial charge in [-0.3, -0.25) is 4.79 Å². The molecule has 0 radical (unpaired) electrons. The molecule has 0 spiro atoms. The molecular formula is C14H17N3O3S4. The van der Waals surface area contributed by atoms with Gasteiger partial charge in [0.15, 0.2) is 18.5 Å². The summed E-state index contributed by atoms with van der Waals surface area (Å²) >= 11 is 4.39. The van der Waals surface area contributed by atoms with Crippen LogP contribution in [0.15, 0.2) is 37.8 Å². The first-order chi connectivity index (χ1) is 11.4. The molecule has 1 aromatic heterocycles. The molecule has 10 heteroatoms. The molecule has 0 saturated carbocycles. The van der Waals surface area contributed by atoms with E-state index in [0.29, 0.717) is 5.69 Å². The summed E-state index contributed by atoms with van der Waals surface area (Å²) < 4.78 is 25.1. The highest BCUT2D eigenvalue weighted by Crippen LogP contribution is 2.29. The van der Waals surface area contributed by atoms with Gasteiger partial charge in [0.05, 0.1) is 16.3 Å². The number of rotatable bonds is 8. The maximum absolute atomic E-state index is 12.1. The second kappa shape index (κ2) is 8.84. The highest BCUT2D eigenvalue weighted by Gasteiger charge is 2.15. The molecule has 0 bridgehead atoms. The van der Waals surface area contributed by atoms with Gasteiger partial charge in [0.1, 0.15) is 0 Å². The van der Waals surface area contributed by atoms with Gasteiger partial charge >= 0.3 is 0 Å². The largest absolute Gasteiger partial charge is 0.324 e. The summed E-state index contributed by atoms with van der Waals surface area (Å²) in [6.07, 6.45) is 2.18. The molecule has 0 unspecified atom stereocenters. The van der Waals surface area contributed by atoms with Gasteiger partial charge in [-0.25, -0.2) is 8.42 Å². The highest BCUT2D eigenvalue weighted by atomic mass is 32.2. The first kappa shape index (κ1) is 19.2. The van der Waals surface area contributed by atoms with Crippen molar-refractivity contribution in [3.05, 3.63) is 24.3 Å². The van der Waals surface area contributed by atoms with E-state index in [1.54, 1.807) is 30.0 Å². The molecular weight excluding hydrogens is 386 g/mol. The Morgan fingerprint density at radius 2 is 1.88 bits per heavy atom. The van der Waals surface area contributed by atoms with E-state index in [9.17, 15) is 13.2 Å². The number of sulfone groups is 1. The third-order valence-electron chi connectivity index (χ3n) is 2.70. The predicted molar refractivity (Wildman–Crippen MR) is 99.8 cm³/mol. The molecule has 1 N–H and O–H groups in total. The van der Waals surface area contributed by atoms with Crippen molar-refractivity contribution in [2.24, 2.45) is 0 Å². The molecule has 1 aromatic carbocycles. The predicted octanol–water partition coefficient (Wildman–Crippen LogP) is 3.17. The third-order valence-corrected chi connectivity index (χ3v) is 7.26. The Morgan fingerprint density at radius 3 is 2.54 bits per heavy atom. The van der Waals surface area contributed by atoms with Crippen molar-refractivity contribution in [1.82, 2.24) is 10.2 Å². The minimum absolute atomic E-state index is 0.109. The normalized spacial score (nSPS) is 11.4. The van der Waals surface area contributed by atoms with Gasteiger partial charge in [-0.05, 0) is 18.6 Å². The molecule has 0 aliphatic carbocycles. The minimum Gasteiger partial charge on any atom is -0.324 e. The molecule has 6 nitrogen and oxygen atoms in total. The molecule has 2 rings (SSSR count). The van der Waals surface area contributed by atoms with Crippen LogP contribution in [0.1, 0.15) is 13.3 Å². The number of carbonyl (C=O) groups is 1. The van der Waals surface area contributed by atoms with E-state index in [4.69, 9.17) is 0 Å². The van der Waals surface area contributed by atoms with Gasteiger partial charge in [-0.1, -0.05) is 53.9 Å². The number of anilines is 1. The average Bonchev–Trinajstić information content (AvgIpc) is 2.98. The Hall–Kier alpha value is -1.10. The van der Waals surface area contributed by atoms with Crippen LogP contribution < -0.4 is 5.32 Å². The van der Waals surface area contributed by atoms with Crippen molar-refractivity contribution in [3.63, 3.8) is 0 Å². The van der Waals surface area contributed by atoms with E-state index < -0.39 is 9.84 Å². The topological polar surface area (TPSA) is 89.0 Å². The minimum atomic E-state index is -3.40. The number of carbonyl (C=O) groups excluding carboxylic acids is 1. The lowest BCUT2D eigenvalue weighted by Crippen LogP contribution is -2.16. The fraction of sp³-hybridized carbons (Fsp3) is 0.357. The van der Waals surface area contributed by atoms with Crippen LogP contribution in [0.5, 0.6) is 0 Å². The van der Waals surface area contributed by atoms with Crippen molar-refractivity contribution < 1.29 is 13.2 Å². The zero-order valence-electron chi connectivity index (χ0n) is 13.2. The van der Waals surface area contributed by atoms with Crippen LogP contribution in [0.4, 0.5) is 5.69 Å². The fourth-order valence-electron chi connectivity index (χ4n) is 1.71. The van der Waals surface area contributed by atoms with Crippen LogP contribution >= 0.6 is 34.9 Å². The third kappa shape index (κ3) is 5.76. The first-order valence-corrected chi connectivity index (χ1v) is 11.8. The Morgan fingerprint density at radius 1 is 1.21 bits per heavy atom. The van der Waals surface area contributed by atoms with Gasteiger partial charge in [0, 0.05) is 12.0 Å². The molecule has 0 aliphatic heterocycles. The molecule has 1 heterocycles. The number of aromatic nitrogens is 2. The summed E-state index contributed by atoms with van der Waals surface area (Å²) in [4.78, 5) is 12.2. The number of hydrogen-bond donors (Lipinski definition) is 1. The summed E-state index contributed by atoms with van der Waals surface area (Å²) in [5.74, 6) is 0.849. The number of benzene rings is 1. The maximum Gasteiger partial charge on any atom is 0.234 e. The van der Waals surface area contributed by atoms with Gasteiger partial charge in [0.2, 0.25) is 5.91 Å². The number of nitrogens with zero attached hydrogens (tertiary/aromatic N) is 2. The van der Waals surface area contributed by atoms with Gasteiger partial charge in [-0.2, -0.15) is 0 Å². The molecule has 24 heavy (non-hydrogen) atoms. The molecule has 130 valence electrons. The Labute approximate surface area is 153 Å². The highest BCUT2D eigenvalue weighted by molar-refractivity contribution is 8.03. The molecule has 2 aromatic rings.